The lowest BCUT2D eigenvalue weighted by Crippen LogP contribution is -1.98. The minimum absolute atomic E-state index is 0.399. The van der Waals surface area contributed by atoms with Crippen LogP contribution in [0.4, 0.5) is 0 Å². The Morgan fingerprint density at radius 1 is 1.20 bits per heavy atom. The number of fused-ring (bicyclic) bond motifs is 2. The first-order chi connectivity index (χ1) is 9.74. The van der Waals surface area contributed by atoms with E-state index in [1.54, 1.807) is 35.4 Å². The van der Waals surface area contributed by atoms with Crippen LogP contribution in [0.25, 0.3) is 22.6 Å². The molecule has 0 N–H and O–H groups in total. The van der Waals surface area contributed by atoms with Gasteiger partial charge < -0.3 is 0 Å². The van der Waals surface area contributed by atoms with E-state index in [-0.39, 0.29) is 0 Å². The fraction of sp³-hybridized carbons (Fsp3) is 0.0833. The molecule has 8 heteroatoms. The Morgan fingerprint density at radius 3 is 3.00 bits per heavy atom. The third kappa shape index (κ3) is 1.50. The van der Waals surface area contributed by atoms with Gasteiger partial charge in [-0.05, 0) is 6.92 Å². The van der Waals surface area contributed by atoms with Crippen LogP contribution in [-0.2, 0) is 0 Å². The molecule has 98 valence electrons. The van der Waals surface area contributed by atoms with Crippen LogP contribution in [0, 0.1) is 6.92 Å². The highest BCUT2D eigenvalue weighted by molar-refractivity contribution is 6.29. The van der Waals surface area contributed by atoms with E-state index in [2.05, 4.69) is 25.3 Å². The van der Waals surface area contributed by atoms with Gasteiger partial charge in [0.05, 0.1) is 23.5 Å². The van der Waals surface area contributed by atoms with Crippen molar-refractivity contribution in [2.75, 3.05) is 0 Å². The zero-order chi connectivity index (χ0) is 13.7. The van der Waals surface area contributed by atoms with Gasteiger partial charge in [-0.2, -0.15) is 5.10 Å². The molecule has 0 radical (unpaired) electrons. The van der Waals surface area contributed by atoms with Crippen molar-refractivity contribution in [3.63, 3.8) is 0 Å². The van der Waals surface area contributed by atoms with Crippen molar-refractivity contribution >= 4 is 22.8 Å². The van der Waals surface area contributed by atoms with Gasteiger partial charge in [-0.15, -0.1) is 10.2 Å². The maximum absolute atomic E-state index is 5.93. The van der Waals surface area contributed by atoms with E-state index in [0.29, 0.717) is 16.6 Å². The van der Waals surface area contributed by atoms with Gasteiger partial charge in [-0.1, -0.05) is 11.6 Å². The van der Waals surface area contributed by atoms with Crippen molar-refractivity contribution in [1.29, 1.82) is 0 Å². The Balaban J connectivity index is 2.08. The Morgan fingerprint density at radius 2 is 2.10 bits per heavy atom. The summed E-state index contributed by atoms with van der Waals surface area (Å²) in [4.78, 5) is 8.35. The summed E-state index contributed by atoms with van der Waals surface area (Å²) in [6.45, 7) is 1.86. The second-order valence-electron chi connectivity index (χ2n) is 4.31. The number of aryl methyl sites for hydroxylation is 1. The molecule has 0 aliphatic carbocycles. The second kappa shape index (κ2) is 3.97. The molecule has 0 unspecified atom stereocenters. The SMILES string of the molecule is Cc1nc(Cl)cc2nnc(-c3cnn4ccncc34)n12. The van der Waals surface area contributed by atoms with E-state index in [0.717, 1.165) is 16.9 Å². The van der Waals surface area contributed by atoms with Gasteiger partial charge >= 0.3 is 0 Å². The number of nitrogens with zero attached hydrogens (tertiary/aromatic N) is 7. The predicted octanol–water partition coefficient (Wildman–Crippen LogP) is 1.80. The van der Waals surface area contributed by atoms with Crippen molar-refractivity contribution in [3.8, 4) is 11.4 Å². The molecule has 20 heavy (non-hydrogen) atoms. The molecular formula is C12H8ClN7. The maximum atomic E-state index is 5.93. The minimum atomic E-state index is 0.399. The molecule has 0 aromatic carbocycles. The maximum Gasteiger partial charge on any atom is 0.173 e. The quantitative estimate of drug-likeness (QED) is 0.499. The average Bonchev–Trinajstić information content (AvgIpc) is 3.01. The Labute approximate surface area is 117 Å². The monoisotopic (exact) mass is 285 g/mol. The Hall–Kier alpha value is -2.54. The molecule has 0 atom stereocenters. The summed E-state index contributed by atoms with van der Waals surface area (Å²) in [6.07, 6.45) is 6.94. The first-order valence-electron chi connectivity index (χ1n) is 5.90. The van der Waals surface area contributed by atoms with E-state index >= 15 is 0 Å². The van der Waals surface area contributed by atoms with Crippen LogP contribution in [0.5, 0.6) is 0 Å². The number of halogens is 1. The summed E-state index contributed by atoms with van der Waals surface area (Å²) in [5.41, 5.74) is 2.36. The minimum Gasteiger partial charge on any atom is -0.262 e. The molecule has 0 aliphatic heterocycles. The topological polar surface area (TPSA) is 73.3 Å². The molecule has 4 aromatic heterocycles. The van der Waals surface area contributed by atoms with Gasteiger partial charge in [0.2, 0.25) is 0 Å². The highest BCUT2D eigenvalue weighted by Crippen LogP contribution is 2.24. The zero-order valence-corrected chi connectivity index (χ0v) is 11.2. The summed E-state index contributed by atoms with van der Waals surface area (Å²) in [6, 6.07) is 1.68. The molecule has 4 heterocycles. The van der Waals surface area contributed by atoms with Gasteiger partial charge in [0.15, 0.2) is 11.5 Å². The first kappa shape index (κ1) is 11.3. The molecule has 0 fully saturated rings. The molecule has 0 saturated carbocycles. The lowest BCUT2D eigenvalue weighted by Gasteiger charge is -2.02. The van der Waals surface area contributed by atoms with Crippen molar-refractivity contribution < 1.29 is 0 Å². The largest absolute Gasteiger partial charge is 0.262 e. The summed E-state index contributed by atoms with van der Waals surface area (Å²) in [5, 5.41) is 13.0. The fourth-order valence-corrected chi connectivity index (χ4v) is 2.45. The number of hydrogen-bond acceptors (Lipinski definition) is 5. The van der Waals surface area contributed by atoms with Gasteiger partial charge in [-0.25, -0.2) is 9.50 Å². The number of rotatable bonds is 1. The van der Waals surface area contributed by atoms with E-state index in [1.165, 1.54) is 0 Å². The Kier molecular flexibility index (Phi) is 2.25. The highest BCUT2D eigenvalue weighted by atomic mass is 35.5. The summed E-state index contributed by atoms with van der Waals surface area (Å²) < 4.78 is 3.58. The number of aromatic nitrogens is 7. The summed E-state index contributed by atoms with van der Waals surface area (Å²) >= 11 is 5.93. The van der Waals surface area contributed by atoms with Crippen LogP contribution in [0.1, 0.15) is 5.82 Å². The normalized spacial score (nSPS) is 11.5. The first-order valence-corrected chi connectivity index (χ1v) is 6.28. The van der Waals surface area contributed by atoms with E-state index in [4.69, 9.17) is 11.6 Å². The Bertz CT molecular complexity index is 939. The van der Waals surface area contributed by atoms with Crippen molar-refractivity contribution in [1.82, 2.24) is 34.2 Å². The second-order valence-corrected chi connectivity index (χ2v) is 4.69. The average molecular weight is 286 g/mol. The lowest BCUT2D eigenvalue weighted by molar-refractivity contribution is 0.946. The van der Waals surface area contributed by atoms with Crippen LogP contribution in [0.15, 0.2) is 30.9 Å². The van der Waals surface area contributed by atoms with Crippen molar-refractivity contribution in [2.24, 2.45) is 0 Å². The van der Waals surface area contributed by atoms with Crippen LogP contribution in [0.2, 0.25) is 5.15 Å². The standard InChI is InChI=1S/C12H8ClN7/c1-7-16-10(13)4-11-17-18-12(20(7)11)8-5-15-19-3-2-14-6-9(8)19/h2-6H,1H3. The lowest BCUT2D eigenvalue weighted by atomic mass is 10.3. The summed E-state index contributed by atoms with van der Waals surface area (Å²) in [5.74, 6) is 1.39. The predicted molar refractivity (Wildman–Crippen MR) is 72.5 cm³/mol. The molecule has 0 spiro atoms. The van der Waals surface area contributed by atoms with Crippen molar-refractivity contribution in [2.45, 2.75) is 6.92 Å². The highest BCUT2D eigenvalue weighted by Gasteiger charge is 2.15. The third-order valence-corrected chi connectivity index (χ3v) is 3.29. The van der Waals surface area contributed by atoms with Crippen molar-refractivity contribution in [3.05, 3.63) is 41.8 Å². The van der Waals surface area contributed by atoms with Gasteiger partial charge in [0, 0.05) is 18.5 Å². The molecular weight excluding hydrogens is 278 g/mol. The number of hydrogen-bond donors (Lipinski definition) is 0. The van der Waals surface area contributed by atoms with Crippen LogP contribution >= 0.6 is 11.6 Å². The smallest absolute Gasteiger partial charge is 0.173 e. The van der Waals surface area contributed by atoms with Gasteiger partial charge in [0.25, 0.3) is 0 Å². The molecule has 4 aromatic rings. The summed E-state index contributed by atoms with van der Waals surface area (Å²) in [7, 11) is 0. The molecule has 0 saturated heterocycles. The van der Waals surface area contributed by atoms with Gasteiger partial charge in [0.1, 0.15) is 11.0 Å². The fourth-order valence-electron chi connectivity index (χ4n) is 2.23. The molecule has 0 amide bonds. The van der Waals surface area contributed by atoms with E-state index < -0.39 is 0 Å². The van der Waals surface area contributed by atoms with Gasteiger partial charge in [-0.3, -0.25) is 9.38 Å². The van der Waals surface area contributed by atoms with Crippen LogP contribution < -0.4 is 0 Å². The molecule has 0 bridgehead atoms. The van der Waals surface area contributed by atoms with Crippen LogP contribution in [0.3, 0.4) is 0 Å². The van der Waals surface area contributed by atoms with E-state index in [9.17, 15) is 0 Å². The molecule has 7 nitrogen and oxygen atoms in total. The van der Waals surface area contributed by atoms with Crippen LogP contribution in [-0.4, -0.2) is 34.2 Å². The third-order valence-electron chi connectivity index (χ3n) is 3.09. The van der Waals surface area contributed by atoms with E-state index in [1.807, 2.05) is 11.3 Å². The zero-order valence-electron chi connectivity index (χ0n) is 10.4. The molecule has 4 rings (SSSR count). The molecule has 0 aliphatic rings.